The van der Waals surface area contributed by atoms with Crippen LogP contribution in [0.3, 0.4) is 0 Å². The smallest absolute Gasteiger partial charge is 0.368 e. The number of hydrogen-bond donors (Lipinski definition) is 3. The Hall–Kier alpha value is -4.58. The molecule has 1 saturated heterocycles. The number of benzene rings is 3. The minimum Gasteiger partial charge on any atom is -0.368 e. The maximum absolute atomic E-state index is 14.1. The number of hydrogen-bond acceptors (Lipinski definition) is 6. The predicted molar refractivity (Wildman–Crippen MR) is 158 cm³/mol. The molecule has 5 rings (SSSR count). The third kappa shape index (κ3) is 5.75. The van der Waals surface area contributed by atoms with Gasteiger partial charge < -0.3 is 25.3 Å². The van der Waals surface area contributed by atoms with Crippen LogP contribution in [0.4, 0.5) is 35.9 Å². The molecule has 3 N–H and O–H groups in total. The first-order chi connectivity index (χ1) is 20.0. The van der Waals surface area contributed by atoms with Gasteiger partial charge in [0.1, 0.15) is 0 Å². The van der Waals surface area contributed by atoms with Gasteiger partial charge in [-0.15, -0.1) is 0 Å². The number of H-pyrrole nitrogens is 1. The zero-order chi connectivity index (χ0) is 30.2. The van der Waals surface area contributed by atoms with Crippen LogP contribution in [0.15, 0.2) is 54.6 Å². The highest BCUT2D eigenvalue weighted by Gasteiger charge is 2.36. The number of nitrogens with zero attached hydrogens (tertiary/aromatic N) is 4. The molecular formula is C30H32F3N7O2. The lowest BCUT2D eigenvalue weighted by atomic mass is 10.1. The Morgan fingerprint density at radius 2 is 1.71 bits per heavy atom. The summed E-state index contributed by atoms with van der Waals surface area (Å²) in [6, 6.07) is 14.6. The molecule has 0 aliphatic carbocycles. The number of amides is 2. The van der Waals surface area contributed by atoms with Crippen molar-refractivity contribution in [1.82, 2.24) is 20.4 Å². The Bertz CT molecular complexity index is 1640. The van der Waals surface area contributed by atoms with Crippen LogP contribution < -0.4 is 20.4 Å². The number of carbonyl (C=O) groups is 2. The van der Waals surface area contributed by atoms with Crippen LogP contribution in [0, 0.1) is 6.92 Å². The van der Waals surface area contributed by atoms with E-state index in [-0.39, 0.29) is 17.2 Å². The van der Waals surface area contributed by atoms with Crippen LogP contribution in [0.2, 0.25) is 0 Å². The summed E-state index contributed by atoms with van der Waals surface area (Å²) in [6.07, 6.45) is -4.61. The van der Waals surface area contributed by atoms with Gasteiger partial charge in [0, 0.05) is 74.0 Å². The van der Waals surface area contributed by atoms with E-state index in [0.29, 0.717) is 48.5 Å². The van der Waals surface area contributed by atoms with Crippen molar-refractivity contribution < 1.29 is 22.8 Å². The number of aryl methyl sites for hydroxylation is 1. The van der Waals surface area contributed by atoms with Crippen molar-refractivity contribution in [3.63, 3.8) is 0 Å². The van der Waals surface area contributed by atoms with E-state index in [1.54, 1.807) is 30.1 Å². The Kier molecular flexibility index (Phi) is 7.83. The lowest BCUT2D eigenvalue weighted by Gasteiger charge is -2.35. The van der Waals surface area contributed by atoms with Crippen molar-refractivity contribution in [1.29, 1.82) is 0 Å². The molecule has 1 aliphatic rings. The van der Waals surface area contributed by atoms with Gasteiger partial charge in [-0.05, 0) is 68.1 Å². The molecule has 0 saturated carbocycles. The van der Waals surface area contributed by atoms with Crippen molar-refractivity contribution >= 4 is 45.5 Å². The molecule has 0 spiro atoms. The van der Waals surface area contributed by atoms with Crippen molar-refractivity contribution in [2.75, 3.05) is 62.4 Å². The molecule has 0 atom stereocenters. The van der Waals surface area contributed by atoms with Crippen molar-refractivity contribution in [2.24, 2.45) is 0 Å². The van der Waals surface area contributed by atoms with Crippen LogP contribution in [0.25, 0.3) is 10.9 Å². The average molecular weight is 580 g/mol. The summed E-state index contributed by atoms with van der Waals surface area (Å²) in [6.45, 7) is 4.20. The fraction of sp³-hybridized carbons (Fsp3) is 0.300. The first kappa shape index (κ1) is 28.9. The second kappa shape index (κ2) is 11.4. The molecule has 0 radical (unpaired) electrons. The molecule has 2 amide bonds. The molecule has 9 nitrogen and oxygen atoms in total. The second-order valence-electron chi connectivity index (χ2n) is 10.4. The summed E-state index contributed by atoms with van der Waals surface area (Å²) < 4.78 is 42.2. The van der Waals surface area contributed by atoms with E-state index < -0.39 is 17.6 Å². The lowest BCUT2D eigenvalue weighted by molar-refractivity contribution is -0.137. The normalized spacial score (nSPS) is 14.2. The van der Waals surface area contributed by atoms with E-state index in [1.807, 2.05) is 44.1 Å². The molecular weight excluding hydrogens is 547 g/mol. The van der Waals surface area contributed by atoms with E-state index >= 15 is 0 Å². The van der Waals surface area contributed by atoms with Crippen molar-refractivity contribution in [3.8, 4) is 0 Å². The maximum Gasteiger partial charge on any atom is 0.418 e. The maximum atomic E-state index is 14.1. The molecule has 4 aromatic rings. The van der Waals surface area contributed by atoms with E-state index in [0.717, 1.165) is 23.0 Å². The molecule has 1 aliphatic heterocycles. The van der Waals surface area contributed by atoms with Crippen LogP contribution in [-0.4, -0.2) is 74.2 Å². The monoisotopic (exact) mass is 579 g/mol. The standard InChI is InChI=1S/C30H32F3N7O2/c1-18-5-7-20(16-26(18)39(4)21-8-9-22-24(17-21)36-37-27(22)29(42)34-2)35-28(41)19-6-10-25(23(15-19)30(31,32)33)40-13-11-38(3)12-14-40/h5-10,15-17H,11-14H2,1-4H3,(H,34,42)(H,35,41)(H,36,37). The highest BCUT2D eigenvalue weighted by molar-refractivity contribution is 6.06. The number of anilines is 4. The van der Waals surface area contributed by atoms with Gasteiger partial charge in [-0.25, -0.2) is 0 Å². The van der Waals surface area contributed by atoms with Gasteiger partial charge >= 0.3 is 6.18 Å². The number of likely N-dealkylation sites (N-methyl/N-ethyl adjacent to an activating group) is 1. The second-order valence-corrected chi connectivity index (χ2v) is 10.4. The van der Waals surface area contributed by atoms with Gasteiger partial charge in [-0.3, -0.25) is 14.7 Å². The molecule has 1 aromatic heterocycles. The summed E-state index contributed by atoms with van der Waals surface area (Å²) in [7, 11) is 5.34. The molecule has 12 heteroatoms. The van der Waals surface area contributed by atoms with Gasteiger partial charge in [0.15, 0.2) is 5.69 Å². The summed E-state index contributed by atoms with van der Waals surface area (Å²) in [5.41, 5.74) is 3.10. The minimum absolute atomic E-state index is 0.0766. The van der Waals surface area contributed by atoms with Crippen LogP contribution >= 0.6 is 0 Å². The van der Waals surface area contributed by atoms with Gasteiger partial charge in [0.2, 0.25) is 0 Å². The largest absolute Gasteiger partial charge is 0.418 e. The number of alkyl halides is 3. The Balaban J connectivity index is 1.38. The Morgan fingerprint density at radius 1 is 0.976 bits per heavy atom. The van der Waals surface area contributed by atoms with Gasteiger partial charge in [-0.1, -0.05) is 6.07 Å². The fourth-order valence-corrected chi connectivity index (χ4v) is 5.13. The van der Waals surface area contributed by atoms with E-state index in [1.165, 1.54) is 12.1 Å². The quantitative estimate of drug-likeness (QED) is 0.297. The number of aromatic nitrogens is 2. The fourth-order valence-electron chi connectivity index (χ4n) is 5.13. The highest BCUT2D eigenvalue weighted by Crippen LogP contribution is 2.38. The summed E-state index contributed by atoms with van der Waals surface area (Å²) in [4.78, 5) is 30.9. The molecule has 220 valence electrons. The van der Waals surface area contributed by atoms with E-state index in [2.05, 4.69) is 25.7 Å². The van der Waals surface area contributed by atoms with Crippen molar-refractivity contribution in [2.45, 2.75) is 13.1 Å². The number of nitrogens with one attached hydrogen (secondary N) is 3. The predicted octanol–water partition coefficient (Wildman–Crippen LogP) is 5.02. The Labute approximate surface area is 241 Å². The minimum atomic E-state index is -4.61. The van der Waals surface area contributed by atoms with Crippen LogP contribution in [0.1, 0.15) is 32.0 Å². The number of fused-ring (bicyclic) bond motifs is 1. The molecule has 1 fully saturated rings. The first-order valence-electron chi connectivity index (χ1n) is 13.5. The zero-order valence-electron chi connectivity index (χ0n) is 23.8. The first-order valence-corrected chi connectivity index (χ1v) is 13.5. The average Bonchev–Trinajstić information content (AvgIpc) is 3.40. The zero-order valence-corrected chi connectivity index (χ0v) is 23.8. The number of carbonyl (C=O) groups excluding carboxylic acids is 2. The third-order valence-corrected chi connectivity index (χ3v) is 7.61. The molecule has 3 aromatic carbocycles. The molecule has 0 bridgehead atoms. The SMILES string of the molecule is CNC(=O)c1n[nH]c2cc(N(C)c3cc(NC(=O)c4ccc(N5CCN(C)CC5)c(C(F)(F)F)c4)ccc3C)ccc12. The third-order valence-electron chi connectivity index (χ3n) is 7.61. The van der Waals surface area contributed by atoms with Gasteiger partial charge in [0.25, 0.3) is 11.8 Å². The highest BCUT2D eigenvalue weighted by atomic mass is 19.4. The summed E-state index contributed by atoms with van der Waals surface area (Å²) in [5.74, 6) is -0.929. The van der Waals surface area contributed by atoms with Crippen LogP contribution in [0.5, 0.6) is 0 Å². The van der Waals surface area contributed by atoms with E-state index in [4.69, 9.17) is 0 Å². The van der Waals surface area contributed by atoms with E-state index in [9.17, 15) is 22.8 Å². The number of aromatic amines is 1. The summed E-state index contributed by atoms with van der Waals surface area (Å²) >= 11 is 0. The van der Waals surface area contributed by atoms with Gasteiger partial charge in [0.05, 0.1) is 11.1 Å². The molecule has 42 heavy (non-hydrogen) atoms. The Morgan fingerprint density at radius 3 is 2.40 bits per heavy atom. The number of rotatable bonds is 6. The lowest BCUT2D eigenvalue weighted by Crippen LogP contribution is -2.45. The molecule has 0 unspecified atom stereocenters. The topological polar surface area (TPSA) is 96.6 Å². The van der Waals surface area contributed by atoms with Crippen molar-refractivity contribution in [3.05, 3.63) is 77.0 Å². The molecule has 2 heterocycles. The van der Waals surface area contributed by atoms with Crippen LogP contribution in [-0.2, 0) is 6.18 Å². The summed E-state index contributed by atoms with van der Waals surface area (Å²) in [5, 5.41) is 13.0. The number of halogens is 3. The van der Waals surface area contributed by atoms with Gasteiger partial charge in [-0.2, -0.15) is 18.3 Å². The number of piperazine rings is 1.